The van der Waals surface area contributed by atoms with E-state index in [9.17, 15) is 4.79 Å². The lowest BCUT2D eigenvalue weighted by molar-refractivity contribution is 0.0743. The smallest absolute Gasteiger partial charge is 0.255 e. The van der Waals surface area contributed by atoms with Gasteiger partial charge in [-0.2, -0.15) is 5.10 Å². The molecule has 28 heavy (non-hydrogen) atoms. The van der Waals surface area contributed by atoms with Crippen LogP contribution in [-0.2, 0) is 0 Å². The summed E-state index contributed by atoms with van der Waals surface area (Å²) in [5.41, 5.74) is 0.791. The lowest BCUT2D eigenvalue weighted by Crippen LogP contribution is -2.49. The van der Waals surface area contributed by atoms with Crippen LogP contribution >= 0.6 is 11.8 Å². The number of carbonyl (C=O) groups excluding carboxylic acids is 1. The normalized spacial score (nSPS) is 14.3. The van der Waals surface area contributed by atoms with Crippen molar-refractivity contribution in [3.05, 3.63) is 54.6 Å². The predicted molar refractivity (Wildman–Crippen MR) is 108 cm³/mol. The lowest BCUT2D eigenvalue weighted by atomic mass is 10.2. The van der Waals surface area contributed by atoms with Gasteiger partial charge < -0.3 is 9.80 Å². The molecule has 0 atom stereocenters. The fourth-order valence-corrected chi connectivity index (χ4v) is 3.97. The van der Waals surface area contributed by atoms with E-state index >= 15 is 0 Å². The molecule has 1 aliphatic rings. The van der Waals surface area contributed by atoms with E-state index in [1.54, 1.807) is 22.8 Å². The topological polar surface area (TPSA) is 80.0 Å². The molecule has 9 heteroatoms. The molecule has 1 amide bonds. The number of benzene rings is 1. The zero-order valence-electron chi connectivity index (χ0n) is 15.6. The van der Waals surface area contributed by atoms with Gasteiger partial charge in [-0.1, -0.05) is 19.1 Å². The first-order chi connectivity index (χ1) is 13.8. The van der Waals surface area contributed by atoms with E-state index < -0.39 is 0 Å². The maximum absolute atomic E-state index is 13.0. The van der Waals surface area contributed by atoms with Gasteiger partial charge in [-0.25, -0.2) is 9.67 Å². The van der Waals surface area contributed by atoms with Crippen LogP contribution in [-0.4, -0.2) is 67.7 Å². The third-order valence-electron chi connectivity index (χ3n) is 4.60. The first-order valence-corrected chi connectivity index (χ1v) is 10.2. The largest absolute Gasteiger partial charge is 0.352 e. The zero-order valence-corrected chi connectivity index (χ0v) is 16.4. The van der Waals surface area contributed by atoms with E-state index in [1.165, 1.54) is 6.33 Å². The molecule has 0 saturated carbocycles. The number of carbonyl (C=O) groups is 1. The summed E-state index contributed by atoms with van der Waals surface area (Å²) in [5.74, 6) is 2.48. The van der Waals surface area contributed by atoms with E-state index in [-0.39, 0.29) is 5.91 Å². The van der Waals surface area contributed by atoms with E-state index in [0.717, 1.165) is 35.1 Å². The van der Waals surface area contributed by atoms with Crippen molar-refractivity contribution in [3.8, 4) is 5.82 Å². The molecule has 3 aromatic rings. The summed E-state index contributed by atoms with van der Waals surface area (Å²) >= 11 is 1.70. The molecule has 144 valence electrons. The summed E-state index contributed by atoms with van der Waals surface area (Å²) < 4.78 is 1.57. The van der Waals surface area contributed by atoms with Gasteiger partial charge in [0.25, 0.3) is 5.91 Å². The van der Waals surface area contributed by atoms with Crippen molar-refractivity contribution in [3.63, 3.8) is 0 Å². The first-order valence-electron chi connectivity index (χ1n) is 9.21. The highest BCUT2D eigenvalue weighted by Crippen LogP contribution is 2.24. The molecule has 2 aromatic heterocycles. The van der Waals surface area contributed by atoms with Gasteiger partial charge in [-0.05, 0) is 30.0 Å². The number of amides is 1. The second-order valence-corrected chi connectivity index (χ2v) is 7.60. The molecule has 0 N–H and O–H groups in total. The Morgan fingerprint density at radius 1 is 1.04 bits per heavy atom. The highest BCUT2D eigenvalue weighted by Gasteiger charge is 2.24. The van der Waals surface area contributed by atoms with Gasteiger partial charge in [-0.15, -0.1) is 22.0 Å². The molecule has 1 saturated heterocycles. The van der Waals surface area contributed by atoms with E-state index in [4.69, 9.17) is 0 Å². The van der Waals surface area contributed by atoms with Gasteiger partial charge in [0.05, 0.1) is 5.56 Å². The summed E-state index contributed by atoms with van der Waals surface area (Å²) in [6, 6.07) is 11.6. The number of piperazine rings is 1. The van der Waals surface area contributed by atoms with Crippen LogP contribution in [0.3, 0.4) is 0 Å². The molecule has 4 rings (SSSR count). The number of aromatic nitrogens is 5. The molecular weight excluding hydrogens is 374 g/mol. The summed E-state index contributed by atoms with van der Waals surface area (Å²) in [6.07, 6.45) is 3.05. The maximum atomic E-state index is 13.0. The van der Waals surface area contributed by atoms with Crippen molar-refractivity contribution < 1.29 is 4.79 Å². The maximum Gasteiger partial charge on any atom is 0.255 e. The minimum Gasteiger partial charge on any atom is -0.352 e. The van der Waals surface area contributed by atoms with Gasteiger partial charge >= 0.3 is 0 Å². The number of hydrogen-bond donors (Lipinski definition) is 0. The van der Waals surface area contributed by atoms with Crippen LogP contribution in [0, 0.1) is 0 Å². The summed E-state index contributed by atoms with van der Waals surface area (Å²) in [7, 11) is 0. The average Bonchev–Trinajstić information content (AvgIpc) is 3.29. The zero-order chi connectivity index (χ0) is 19.3. The Balaban J connectivity index is 1.40. The van der Waals surface area contributed by atoms with Gasteiger partial charge in [-0.3, -0.25) is 4.79 Å². The molecule has 1 aromatic carbocycles. The van der Waals surface area contributed by atoms with Crippen LogP contribution in [0.4, 0.5) is 5.82 Å². The fourth-order valence-electron chi connectivity index (χ4n) is 3.17. The van der Waals surface area contributed by atoms with Gasteiger partial charge in [0.2, 0.25) is 0 Å². The number of rotatable bonds is 5. The van der Waals surface area contributed by atoms with Crippen molar-refractivity contribution in [1.29, 1.82) is 0 Å². The molecule has 3 heterocycles. The van der Waals surface area contributed by atoms with E-state index in [0.29, 0.717) is 18.9 Å². The highest BCUT2D eigenvalue weighted by molar-refractivity contribution is 7.99. The Morgan fingerprint density at radius 3 is 2.46 bits per heavy atom. The number of anilines is 1. The van der Waals surface area contributed by atoms with Crippen LogP contribution in [0.5, 0.6) is 0 Å². The van der Waals surface area contributed by atoms with Crippen molar-refractivity contribution in [2.45, 2.75) is 11.8 Å². The van der Waals surface area contributed by atoms with Crippen molar-refractivity contribution >= 4 is 23.5 Å². The SMILES string of the molecule is CCSc1ccccc1C(=O)N1CCN(c2ccc(-n3cncn3)nn2)CC1. The molecule has 0 radical (unpaired) electrons. The molecular formula is C19H21N7OS. The Labute approximate surface area is 167 Å². The van der Waals surface area contributed by atoms with Gasteiger partial charge in [0.15, 0.2) is 11.6 Å². The Hall–Kier alpha value is -2.94. The number of nitrogens with zero attached hydrogens (tertiary/aromatic N) is 7. The lowest BCUT2D eigenvalue weighted by Gasteiger charge is -2.35. The van der Waals surface area contributed by atoms with Crippen molar-refractivity contribution in [1.82, 2.24) is 29.9 Å². The van der Waals surface area contributed by atoms with Crippen molar-refractivity contribution in [2.24, 2.45) is 0 Å². The quantitative estimate of drug-likeness (QED) is 0.612. The Bertz CT molecular complexity index is 922. The molecule has 1 fully saturated rings. The third kappa shape index (κ3) is 3.84. The van der Waals surface area contributed by atoms with Crippen molar-refractivity contribution in [2.75, 3.05) is 36.8 Å². The summed E-state index contributed by atoms with van der Waals surface area (Å²) in [4.78, 5) is 22.0. The molecule has 0 spiro atoms. The minimum atomic E-state index is 0.101. The van der Waals surface area contributed by atoms with Crippen LogP contribution < -0.4 is 4.90 Å². The second-order valence-electron chi connectivity index (χ2n) is 6.30. The predicted octanol–water partition coefficient (Wildman–Crippen LogP) is 2.13. The monoisotopic (exact) mass is 395 g/mol. The average molecular weight is 395 g/mol. The fraction of sp³-hybridized carbons (Fsp3) is 0.316. The highest BCUT2D eigenvalue weighted by atomic mass is 32.2. The summed E-state index contributed by atoms with van der Waals surface area (Å²) in [6.45, 7) is 4.88. The summed E-state index contributed by atoms with van der Waals surface area (Å²) in [5, 5.41) is 12.6. The Morgan fingerprint density at radius 2 is 1.79 bits per heavy atom. The van der Waals surface area contributed by atoms with Gasteiger partial charge in [0, 0.05) is 31.1 Å². The van der Waals surface area contributed by atoms with Gasteiger partial charge in [0.1, 0.15) is 12.7 Å². The molecule has 0 aliphatic carbocycles. The third-order valence-corrected chi connectivity index (χ3v) is 5.55. The number of hydrogen-bond acceptors (Lipinski definition) is 7. The van der Waals surface area contributed by atoms with Crippen LogP contribution in [0.1, 0.15) is 17.3 Å². The Kier molecular flexibility index (Phi) is 5.52. The van der Waals surface area contributed by atoms with Crippen LogP contribution in [0.25, 0.3) is 5.82 Å². The minimum absolute atomic E-state index is 0.101. The second kappa shape index (κ2) is 8.39. The van der Waals surface area contributed by atoms with Crippen LogP contribution in [0.15, 0.2) is 53.9 Å². The van der Waals surface area contributed by atoms with E-state index in [2.05, 4.69) is 32.1 Å². The molecule has 1 aliphatic heterocycles. The molecule has 0 unspecified atom stereocenters. The molecule has 8 nitrogen and oxygen atoms in total. The molecule has 0 bridgehead atoms. The van der Waals surface area contributed by atoms with Crippen LogP contribution in [0.2, 0.25) is 0 Å². The standard InChI is InChI=1S/C19H21N7OS/c1-2-28-16-6-4-3-5-15(16)19(27)25-11-9-24(10-12-25)17-7-8-18(23-22-17)26-14-20-13-21-26/h3-8,13-14H,2,9-12H2,1H3. The number of thioether (sulfide) groups is 1. The van der Waals surface area contributed by atoms with E-state index in [1.807, 2.05) is 41.3 Å². The first kappa shape index (κ1) is 18.4.